The minimum absolute atomic E-state index is 0.00548. The molecule has 1 aromatic carbocycles. The summed E-state index contributed by atoms with van der Waals surface area (Å²) in [6, 6.07) is 5.79. The van der Waals surface area contributed by atoms with Gasteiger partial charge in [0.25, 0.3) is 5.91 Å². The molecule has 0 bridgehead atoms. The van der Waals surface area contributed by atoms with E-state index in [4.69, 9.17) is 0 Å². The Morgan fingerprint density at radius 3 is 2.61 bits per heavy atom. The van der Waals surface area contributed by atoms with Gasteiger partial charge < -0.3 is 10.6 Å². The maximum atomic E-state index is 11.7. The van der Waals surface area contributed by atoms with Crippen molar-refractivity contribution in [2.75, 3.05) is 18.4 Å². The van der Waals surface area contributed by atoms with Crippen LogP contribution in [0, 0.1) is 12.8 Å². The summed E-state index contributed by atoms with van der Waals surface area (Å²) in [4.78, 5) is 11.7. The molecule has 100 valence electrons. The van der Waals surface area contributed by atoms with E-state index in [0.29, 0.717) is 12.5 Å². The molecule has 0 aliphatic rings. The molecule has 0 saturated carbocycles. The summed E-state index contributed by atoms with van der Waals surface area (Å²) in [5.74, 6) is 0.654. The Morgan fingerprint density at radius 2 is 2.06 bits per heavy atom. The molecule has 0 aliphatic carbocycles. The molecule has 2 N–H and O–H groups in total. The predicted octanol–water partition coefficient (Wildman–Crippen LogP) is 3.20. The normalized spacial score (nSPS) is 12.0. The van der Waals surface area contributed by atoms with Gasteiger partial charge in [-0.15, -0.1) is 0 Å². The van der Waals surface area contributed by atoms with Gasteiger partial charge in [0, 0.05) is 24.3 Å². The second-order valence-corrected chi connectivity index (χ2v) is 4.78. The van der Waals surface area contributed by atoms with Gasteiger partial charge in [-0.3, -0.25) is 4.79 Å². The number of anilines is 1. The third kappa shape index (κ3) is 4.06. The summed E-state index contributed by atoms with van der Waals surface area (Å²) in [5, 5.41) is 6.24. The number of amides is 1. The van der Waals surface area contributed by atoms with Crippen LogP contribution in [0.25, 0.3) is 0 Å². The highest BCUT2D eigenvalue weighted by molar-refractivity contribution is 5.94. The Morgan fingerprint density at radius 1 is 1.33 bits per heavy atom. The van der Waals surface area contributed by atoms with Crippen LogP contribution in [0.5, 0.6) is 0 Å². The number of hydrogen-bond acceptors (Lipinski definition) is 2. The molecule has 1 amide bonds. The van der Waals surface area contributed by atoms with E-state index in [1.807, 2.05) is 32.0 Å². The minimum Gasteiger partial charge on any atom is -0.385 e. The molecule has 1 rings (SSSR count). The molecule has 1 unspecified atom stereocenters. The zero-order chi connectivity index (χ0) is 13.5. The van der Waals surface area contributed by atoms with Crippen LogP contribution in [-0.4, -0.2) is 19.0 Å². The zero-order valence-electron chi connectivity index (χ0n) is 11.8. The number of carbonyl (C=O) groups excluding carboxylic acids is 1. The van der Waals surface area contributed by atoms with Crippen molar-refractivity contribution in [2.45, 2.75) is 34.1 Å². The van der Waals surface area contributed by atoms with E-state index in [9.17, 15) is 4.79 Å². The lowest BCUT2D eigenvalue weighted by Gasteiger charge is -2.14. The summed E-state index contributed by atoms with van der Waals surface area (Å²) >= 11 is 0. The van der Waals surface area contributed by atoms with Crippen LogP contribution >= 0.6 is 0 Å². The van der Waals surface area contributed by atoms with Crippen molar-refractivity contribution >= 4 is 11.6 Å². The largest absolute Gasteiger partial charge is 0.385 e. The highest BCUT2D eigenvalue weighted by atomic mass is 16.1. The number of nitrogens with one attached hydrogen (secondary N) is 2. The van der Waals surface area contributed by atoms with E-state index < -0.39 is 0 Å². The van der Waals surface area contributed by atoms with Crippen LogP contribution in [0.15, 0.2) is 18.2 Å². The van der Waals surface area contributed by atoms with E-state index in [2.05, 4.69) is 24.5 Å². The van der Waals surface area contributed by atoms with Gasteiger partial charge in [-0.1, -0.05) is 20.3 Å². The van der Waals surface area contributed by atoms with Crippen LogP contribution in [0.1, 0.15) is 43.1 Å². The monoisotopic (exact) mass is 248 g/mol. The zero-order valence-corrected chi connectivity index (χ0v) is 11.8. The van der Waals surface area contributed by atoms with E-state index in [1.54, 1.807) is 0 Å². The lowest BCUT2D eigenvalue weighted by Crippen LogP contribution is -2.22. The van der Waals surface area contributed by atoms with Gasteiger partial charge in [-0.25, -0.2) is 0 Å². The fourth-order valence-electron chi connectivity index (χ4n) is 1.69. The highest BCUT2D eigenvalue weighted by Gasteiger charge is 2.07. The Bertz CT molecular complexity index is 401. The van der Waals surface area contributed by atoms with E-state index in [1.165, 1.54) is 6.42 Å². The van der Waals surface area contributed by atoms with Crippen molar-refractivity contribution in [3.8, 4) is 0 Å². The molecule has 1 atom stereocenters. The van der Waals surface area contributed by atoms with Gasteiger partial charge >= 0.3 is 0 Å². The first kappa shape index (κ1) is 14.6. The van der Waals surface area contributed by atoms with Gasteiger partial charge in [0.05, 0.1) is 0 Å². The van der Waals surface area contributed by atoms with Crippen molar-refractivity contribution in [1.82, 2.24) is 5.32 Å². The minimum atomic E-state index is -0.00548. The molecule has 0 heterocycles. The third-order valence-electron chi connectivity index (χ3n) is 3.16. The van der Waals surface area contributed by atoms with E-state index in [-0.39, 0.29) is 5.91 Å². The van der Waals surface area contributed by atoms with Crippen molar-refractivity contribution < 1.29 is 4.79 Å². The van der Waals surface area contributed by atoms with Crippen molar-refractivity contribution in [3.63, 3.8) is 0 Å². The molecule has 18 heavy (non-hydrogen) atoms. The molecule has 0 spiro atoms. The first-order chi connectivity index (χ1) is 8.58. The van der Waals surface area contributed by atoms with E-state index in [0.717, 1.165) is 23.4 Å². The molecular formula is C15H24N2O. The molecule has 0 saturated heterocycles. The highest BCUT2D eigenvalue weighted by Crippen LogP contribution is 2.17. The molecule has 3 heteroatoms. The van der Waals surface area contributed by atoms with Gasteiger partial charge in [0.15, 0.2) is 0 Å². The van der Waals surface area contributed by atoms with Crippen LogP contribution < -0.4 is 10.6 Å². The number of aryl methyl sites for hydroxylation is 1. The topological polar surface area (TPSA) is 41.1 Å². The van der Waals surface area contributed by atoms with Crippen LogP contribution in [-0.2, 0) is 0 Å². The fourth-order valence-corrected chi connectivity index (χ4v) is 1.69. The summed E-state index contributed by atoms with van der Waals surface area (Å²) in [5.41, 5.74) is 2.95. The lowest BCUT2D eigenvalue weighted by atomic mass is 10.1. The van der Waals surface area contributed by atoms with Gasteiger partial charge in [0.1, 0.15) is 0 Å². The maximum absolute atomic E-state index is 11.7. The van der Waals surface area contributed by atoms with Crippen molar-refractivity contribution in [3.05, 3.63) is 29.3 Å². The molecular weight excluding hydrogens is 224 g/mol. The first-order valence-corrected chi connectivity index (χ1v) is 6.71. The van der Waals surface area contributed by atoms with Crippen molar-refractivity contribution in [2.24, 2.45) is 5.92 Å². The molecule has 0 radical (unpaired) electrons. The average molecular weight is 248 g/mol. The first-order valence-electron chi connectivity index (χ1n) is 6.71. The predicted molar refractivity (Wildman–Crippen MR) is 77.1 cm³/mol. The van der Waals surface area contributed by atoms with Crippen LogP contribution in [0.3, 0.4) is 0 Å². The maximum Gasteiger partial charge on any atom is 0.251 e. The smallest absolute Gasteiger partial charge is 0.251 e. The summed E-state index contributed by atoms with van der Waals surface area (Å²) < 4.78 is 0. The van der Waals surface area contributed by atoms with Crippen LogP contribution in [0.2, 0.25) is 0 Å². The van der Waals surface area contributed by atoms with Crippen molar-refractivity contribution in [1.29, 1.82) is 0 Å². The molecule has 3 nitrogen and oxygen atoms in total. The molecule has 0 aromatic heterocycles. The summed E-state index contributed by atoms with van der Waals surface area (Å²) in [6.45, 7) is 10.0. The number of rotatable bonds is 6. The average Bonchev–Trinajstić information content (AvgIpc) is 2.37. The van der Waals surface area contributed by atoms with Crippen LogP contribution in [0.4, 0.5) is 5.69 Å². The van der Waals surface area contributed by atoms with Gasteiger partial charge in [0.2, 0.25) is 0 Å². The Kier molecular flexibility index (Phi) is 5.69. The SMILES string of the molecule is CCNC(=O)c1ccc(NCC(C)CC)c(C)c1. The van der Waals surface area contributed by atoms with Gasteiger partial charge in [-0.05, 0) is 43.5 Å². The summed E-state index contributed by atoms with van der Waals surface area (Å²) in [6.07, 6.45) is 1.17. The molecule has 0 aliphatic heterocycles. The Hall–Kier alpha value is -1.51. The number of carbonyl (C=O) groups is 1. The number of hydrogen-bond donors (Lipinski definition) is 2. The molecule has 1 aromatic rings. The van der Waals surface area contributed by atoms with Gasteiger partial charge in [-0.2, -0.15) is 0 Å². The number of benzene rings is 1. The third-order valence-corrected chi connectivity index (χ3v) is 3.16. The second-order valence-electron chi connectivity index (χ2n) is 4.78. The quantitative estimate of drug-likeness (QED) is 0.811. The summed E-state index contributed by atoms with van der Waals surface area (Å²) in [7, 11) is 0. The second kappa shape index (κ2) is 7.04. The Labute approximate surface area is 110 Å². The van der Waals surface area contributed by atoms with E-state index >= 15 is 0 Å². The molecule has 0 fully saturated rings. The fraction of sp³-hybridized carbons (Fsp3) is 0.533. The standard InChI is InChI=1S/C15H24N2O/c1-5-11(3)10-17-14-8-7-13(9-12(14)4)15(18)16-6-2/h7-9,11,17H,5-6,10H2,1-4H3,(H,16,18). The lowest BCUT2D eigenvalue weighted by molar-refractivity contribution is 0.0956. The Balaban J connectivity index is 2.70.